The van der Waals surface area contributed by atoms with Crippen molar-refractivity contribution in [1.29, 1.82) is 0 Å². The van der Waals surface area contributed by atoms with Crippen molar-refractivity contribution in [1.82, 2.24) is 19.5 Å². The normalized spacial score (nSPS) is 20.2. The first-order valence-electron chi connectivity index (χ1n) is 11.4. The molecule has 0 radical (unpaired) electrons. The number of pyridine rings is 1. The van der Waals surface area contributed by atoms with Gasteiger partial charge in [-0.25, -0.2) is 20.1 Å². The monoisotopic (exact) mass is 527 g/mol. The second-order valence-corrected chi connectivity index (χ2v) is 11.2. The maximum Gasteiger partial charge on any atom is 0.333 e. The van der Waals surface area contributed by atoms with E-state index in [0.717, 1.165) is 16.6 Å². The highest BCUT2D eigenvalue weighted by Crippen LogP contribution is 2.34. The van der Waals surface area contributed by atoms with E-state index in [1.54, 1.807) is 6.20 Å². The molecule has 10 nitrogen and oxygen atoms in total. The average Bonchev–Trinajstić information content (AvgIpc) is 3.57. The molecule has 1 aliphatic rings. The van der Waals surface area contributed by atoms with Gasteiger partial charge in [0.05, 0.1) is 28.8 Å². The van der Waals surface area contributed by atoms with Crippen LogP contribution in [0.15, 0.2) is 54.6 Å². The summed E-state index contributed by atoms with van der Waals surface area (Å²) in [5.41, 5.74) is 2.93. The summed E-state index contributed by atoms with van der Waals surface area (Å²) in [7, 11) is -4.07. The van der Waals surface area contributed by atoms with E-state index in [-0.39, 0.29) is 24.2 Å². The minimum Gasteiger partial charge on any atom is -0.393 e. The zero-order valence-corrected chi connectivity index (χ0v) is 20.9. The van der Waals surface area contributed by atoms with Crippen LogP contribution >= 0.6 is 11.3 Å². The van der Waals surface area contributed by atoms with Crippen LogP contribution in [0.4, 0.5) is 0 Å². The van der Waals surface area contributed by atoms with E-state index in [1.165, 1.54) is 23.9 Å². The molecule has 3 N–H and O–H groups in total. The third-order valence-electron chi connectivity index (χ3n) is 6.48. The number of aliphatic hydroxyl groups excluding tert-OH is 1. The van der Waals surface area contributed by atoms with Crippen molar-refractivity contribution in [3.63, 3.8) is 0 Å². The summed E-state index contributed by atoms with van der Waals surface area (Å²) in [5, 5.41) is 18.3. The van der Waals surface area contributed by atoms with Gasteiger partial charge in [-0.05, 0) is 60.4 Å². The molecule has 188 valence electrons. The number of aromatic nitrogens is 4. The van der Waals surface area contributed by atoms with Gasteiger partial charge in [0.15, 0.2) is 0 Å². The number of carbonyl (C=O) groups is 1. The molecule has 5 rings (SSSR count). The number of hydrogen-bond acceptors (Lipinski definition) is 9. The van der Waals surface area contributed by atoms with Gasteiger partial charge in [-0.3, -0.25) is 8.98 Å². The first-order chi connectivity index (χ1) is 17.3. The van der Waals surface area contributed by atoms with Crippen molar-refractivity contribution < 1.29 is 22.5 Å². The van der Waals surface area contributed by atoms with Gasteiger partial charge in [-0.15, -0.1) is 11.3 Å². The number of nitrogens with zero attached hydrogens (tertiary/aromatic N) is 4. The summed E-state index contributed by atoms with van der Waals surface area (Å²) in [6.45, 7) is 0.431. The smallest absolute Gasteiger partial charge is 0.333 e. The molecule has 0 amide bonds. The summed E-state index contributed by atoms with van der Waals surface area (Å²) in [6.07, 6.45) is 7.43. The van der Waals surface area contributed by atoms with Crippen LogP contribution < -0.4 is 5.14 Å². The second-order valence-electron chi connectivity index (χ2n) is 9.04. The fourth-order valence-corrected chi connectivity index (χ4v) is 6.00. The standard InChI is InChI=1S/C24H25N5O5S2/c25-36(32,33)34-12-18-6-15(8-21(18)30)7-20-19(10-26-14-28-20)23(31)22-9-16(13-35-22)11-29-5-3-17-2-1-4-27-24(17)29/h1-5,9-10,13-15,18,21,30H,6-8,11-12H2,(H2,25,32,33)/t15-,18+,21-/m0/s1. The van der Waals surface area contributed by atoms with Gasteiger partial charge in [-0.1, -0.05) is 0 Å². The number of rotatable bonds is 9. The van der Waals surface area contributed by atoms with Crippen LogP contribution in [0.25, 0.3) is 11.0 Å². The molecule has 1 fully saturated rings. The SMILES string of the molecule is NS(=O)(=O)OC[C@H]1C[C@@H](Cc2ncncc2C(=O)c2cc(Cn3ccc4cccnc43)cs2)C[C@@H]1O. The van der Waals surface area contributed by atoms with Gasteiger partial charge < -0.3 is 9.67 Å². The second kappa shape index (κ2) is 10.1. The topological polar surface area (TPSA) is 150 Å². The van der Waals surface area contributed by atoms with Crippen LogP contribution in [0.1, 0.15) is 39.3 Å². The van der Waals surface area contributed by atoms with Gasteiger partial charge in [0.1, 0.15) is 12.0 Å². The van der Waals surface area contributed by atoms with Gasteiger partial charge in [0.25, 0.3) is 0 Å². The Hall–Kier alpha value is -3.03. The fourth-order valence-electron chi connectivity index (χ4n) is 4.78. The highest BCUT2D eigenvalue weighted by molar-refractivity contribution is 7.84. The Balaban J connectivity index is 1.28. The number of thiophene rings is 1. The molecule has 0 bridgehead atoms. The molecule has 1 saturated carbocycles. The Morgan fingerprint density at radius 2 is 2.14 bits per heavy atom. The van der Waals surface area contributed by atoms with Crippen LogP contribution in [0.3, 0.4) is 0 Å². The lowest BCUT2D eigenvalue weighted by Crippen LogP contribution is -2.24. The number of carbonyl (C=O) groups excluding carboxylic acids is 1. The first kappa shape index (κ1) is 24.7. The molecule has 0 unspecified atom stereocenters. The van der Waals surface area contributed by atoms with E-state index >= 15 is 0 Å². The van der Waals surface area contributed by atoms with Gasteiger partial charge in [0.2, 0.25) is 5.78 Å². The van der Waals surface area contributed by atoms with Crippen molar-refractivity contribution >= 4 is 38.5 Å². The lowest BCUT2D eigenvalue weighted by Gasteiger charge is -2.13. The Labute approximate surface area is 212 Å². The number of aliphatic hydroxyl groups is 1. The lowest BCUT2D eigenvalue weighted by atomic mass is 9.96. The molecule has 4 aromatic heterocycles. The molecule has 0 aromatic carbocycles. The third-order valence-corrected chi connectivity index (χ3v) is 7.92. The fraction of sp³-hybridized carbons (Fsp3) is 0.333. The molecule has 0 spiro atoms. The Kier molecular flexibility index (Phi) is 6.95. The van der Waals surface area contributed by atoms with Crippen LogP contribution in [0, 0.1) is 11.8 Å². The Morgan fingerprint density at radius 1 is 1.28 bits per heavy atom. The van der Waals surface area contributed by atoms with Crippen molar-refractivity contribution in [2.24, 2.45) is 17.0 Å². The lowest BCUT2D eigenvalue weighted by molar-refractivity contribution is 0.100. The Morgan fingerprint density at radius 3 is 2.97 bits per heavy atom. The van der Waals surface area contributed by atoms with Crippen molar-refractivity contribution in [2.75, 3.05) is 6.61 Å². The van der Waals surface area contributed by atoms with E-state index < -0.39 is 16.4 Å². The molecule has 3 atom stereocenters. The number of nitrogens with two attached hydrogens (primary N) is 1. The van der Waals surface area contributed by atoms with E-state index in [0.29, 0.717) is 41.9 Å². The predicted molar refractivity (Wildman–Crippen MR) is 134 cm³/mol. The summed E-state index contributed by atoms with van der Waals surface area (Å²) in [4.78, 5) is 26.8. The third kappa shape index (κ3) is 5.52. The molecule has 4 aromatic rings. The number of hydrogen-bond donors (Lipinski definition) is 2. The van der Waals surface area contributed by atoms with Gasteiger partial charge >= 0.3 is 10.3 Å². The molecular weight excluding hydrogens is 502 g/mol. The summed E-state index contributed by atoms with van der Waals surface area (Å²) in [6, 6.07) is 7.81. The average molecular weight is 528 g/mol. The molecule has 0 aliphatic heterocycles. The summed E-state index contributed by atoms with van der Waals surface area (Å²) in [5.74, 6) is -0.484. The molecule has 0 saturated heterocycles. The van der Waals surface area contributed by atoms with Crippen LogP contribution in [-0.2, 0) is 27.5 Å². The minimum absolute atomic E-state index is 0.0175. The number of ketones is 1. The van der Waals surface area contributed by atoms with Crippen LogP contribution in [-0.4, -0.2) is 51.5 Å². The van der Waals surface area contributed by atoms with Crippen LogP contribution in [0.5, 0.6) is 0 Å². The maximum absolute atomic E-state index is 13.4. The molecular formula is C24H25N5O5S2. The summed E-state index contributed by atoms with van der Waals surface area (Å²) >= 11 is 1.38. The first-order valence-corrected chi connectivity index (χ1v) is 13.8. The molecule has 36 heavy (non-hydrogen) atoms. The van der Waals surface area contributed by atoms with Gasteiger partial charge in [-0.2, -0.15) is 8.42 Å². The largest absolute Gasteiger partial charge is 0.393 e. The van der Waals surface area contributed by atoms with Crippen molar-refractivity contribution in [2.45, 2.75) is 31.9 Å². The zero-order valence-electron chi connectivity index (χ0n) is 19.2. The highest BCUT2D eigenvalue weighted by Gasteiger charge is 2.35. The van der Waals surface area contributed by atoms with Crippen molar-refractivity contribution in [3.05, 3.63) is 76.3 Å². The highest BCUT2D eigenvalue weighted by atomic mass is 32.2. The quantitative estimate of drug-likeness (QED) is 0.315. The molecule has 1 aliphatic carbocycles. The predicted octanol–water partition coefficient (Wildman–Crippen LogP) is 2.32. The maximum atomic E-state index is 13.4. The molecule has 12 heteroatoms. The summed E-state index contributed by atoms with van der Waals surface area (Å²) < 4.78 is 28.9. The van der Waals surface area contributed by atoms with Crippen molar-refractivity contribution in [3.8, 4) is 0 Å². The molecule has 4 heterocycles. The van der Waals surface area contributed by atoms with Gasteiger partial charge in [0, 0.05) is 36.4 Å². The van der Waals surface area contributed by atoms with E-state index in [9.17, 15) is 18.3 Å². The zero-order chi connectivity index (χ0) is 25.3. The van der Waals surface area contributed by atoms with Crippen LogP contribution in [0.2, 0.25) is 0 Å². The van der Waals surface area contributed by atoms with E-state index in [4.69, 9.17) is 5.14 Å². The Bertz CT molecular complexity index is 1500. The van der Waals surface area contributed by atoms with E-state index in [2.05, 4.69) is 19.1 Å². The van der Waals surface area contributed by atoms with E-state index in [1.807, 2.05) is 40.4 Å². The number of fused-ring (bicyclic) bond motifs is 1. The minimum atomic E-state index is -4.07.